The molecular formula is C7H2BrClN2O. The van der Waals surface area contributed by atoms with Crippen molar-refractivity contribution in [2.45, 2.75) is 0 Å². The average molecular weight is 245 g/mol. The Morgan fingerprint density at radius 3 is 2.83 bits per heavy atom. The van der Waals surface area contributed by atoms with E-state index in [2.05, 4.69) is 20.9 Å². The normalized spacial score (nSPS) is 9.08. The zero-order valence-corrected chi connectivity index (χ0v) is 8.06. The minimum Gasteiger partial charge on any atom is -0.275 e. The van der Waals surface area contributed by atoms with Crippen LogP contribution in [0, 0.1) is 11.3 Å². The Morgan fingerprint density at radius 2 is 2.42 bits per heavy atom. The third kappa shape index (κ3) is 1.63. The summed E-state index contributed by atoms with van der Waals surface area (Å²) in [5.41, 5.74) is 0.332. The van der Waals surface area contributed by atoms with Crippen LogP contribution in [0.25, 0.3) is 0 Å². The molecule has 0 N–H and O–H groups in total. The number of carbonyl (C=O) groups is 1. The molecule has 5 heteroatoms. The lowest BCUT2D eigenvalue weighted by Crippen LogP contribution is -1.97. The van der Waals surface area contributed by atoms with Gasteiger partial charge in [-0.2, -0.15) is 5.26 Å². The molecule has 0 saturated heterocycles. The van der Waals surface area contributed by atoms with Gasteiger partial charge in [-0.05, 0) is 33.6 Å². The van der Waals surface area contributed by atoms with Gasteiger partial charge in [-0.1, -0.05) is 0 Å². The van der Waals surface area contributed by atoms with E-state index >= 15 is 0 Å². The van der Waals surface area contributed by atoms with Crippen LogP contribution in [0.5, 0.6) is 0 Å². The average Bonchev–Trinajstić information content (AvgIpc) is 2.03. The predicted molar refractivity (Wildman–Crippen MR) is 46.8 cm³/mol. The van der Waals surface area contributed by atoms with Gasteiger partial charge in [0.1, 0.15) is 10.7 Å². The summed E-state index contributed by atoms with van der Waals surface area (Å²) >= 11 is 8.25. The van der Waals surface area contributed by atoms with Gasteiger partial charge >= 0.3 is 0 Å². The number of hydrogen-bond acceptors (Lipinski definition) is 3. The molecule has 3 nitrogen and oxygen atoms in total. The lowest BCUT2D eigenvalue weighted by molar-refractivity contribution is 0.108. The van der Waals surface area contributed by atoms with E-state index in [0.717, 1.165) is 0 Å². The first-order chi connectivity index (χ1) is 5.66. The first kappa shape index (κ1) is 9.17. The fraction of sp³-hybridized carbons (Fsp3) is 0. The Kier molecular flexibility index (Phi) is 2.79. The van der Waals surface area contributed by atoms with Crippen LogP contribution in [-0.2, 0) is 0 Å². The minimum absolute atomic E-state index is 0.113. The summed E-state index contributed by atoms with van der Waals surface area (Å²) in [6, 6.07) is 3.27. The largest absolute Gasteiger partial charge is 0.275 e. The summed E-state index contributed by atoms with van der Waals surface area (Å²) in [5, 5.41) is 7.89. The molecule has 0 amide bonds. The quantitative estimate of drug-likeness (QED) is 0.562. The van der Waals surface area contributed by atoms with Crippen LogP contribution in [0.2, 0.25) is 0 Å². The van der Waals surface area contributed by atoms with Crippen LogP contribution in [0.4, 0.5) is 0 Å². The van der Waals surface area contributed by atoms with Gasteiger partial charge in [0.2, 0.25) is 0 Å². The Labute approximate surface area is 82.1 Å². The number of rotatable bonds is 1. The van der Waals surface area contributed by atoms with Crippen LogP contribution in [0.15, 0.2) is 16.9 Å². The Bertz CT molecular complexity index is 372. The fourth-order valence-electron chi connectivity index (χ4n) is 0.716. The first-order valence-corrected chi connectivity index (χ1v) is 4.08. The predicted octanol–water partition coefficient (Wildman–Crippen LogP) is 2.09. The van der Waals surface area contributed by atoms with Crippen molar-refractivity contribution < 1.29 is 4.79 Å². The van der Waals surface area contributed by atoms with Crippen molar-refractivity contribution in [3.8, 4) is 6.07 Å². The minimum atomic E-state index is -0.688. The van der Waals surface area contributed by atoms with E-state index in [1.165, 1.54) is 12.3 Å². The van der Waals surface area contributed by atoms with Crippen LogP contribution in [0.1, 0.15) is 15.9 Å². The number of hydrogen-bond donors (Lipinski definition) is 0. The number of carbonyl (C=O) groups excluding carboxylic acids is 1. The maximum Gasteiger partial charge on any atom is 0.256 e. The van der Waals surface area contributed by atoms with Gasteiger partial charge in [-0.15, -0.1) is 0 Å². The van der Waals surface area contributed by atoms with Crippen molar-refractivity contribution in [1.29, 1.82) is 5.26 Å². The van der Waals surface area contributed by atoms with Gasteiger partial charge in [-0.3, -0.25) is 4.79 Å². The van der Waals surface area contributed by atoms with Crippen molar-refractivity contribution in [3.63, 3.8) is 0 Å². The van der Waals surface area contributed by atoms with Gasteiger partial charge in [0.05, 0.1) is 11.1 Å². The van der Waals surface area contributed by atoms with E-state index < -0.39 is 5.24 Å². The smallest absolute Gasteiger partial charge is 0.256 e. The molecule has 0 saturated carbocycles. The van der Waals surface area contributed by atoms with Gasteiger partial charge in [0.15, 0.2) is 0 Å². The maximum atomic E-state index is 10.8. The highest BCUT2D eigenvalue weighted by Crippen LogP contribution is 2.19. The van der Waals surface area contributed by atoms with Crippen molar-refractivity contribution in [1.82, 2.24) is 4.98 Å². The Hall–Kier alpha value is -0.920. The lowest BCUT2D eigenvalue weighted by Gasteiger charge is -1.98. The van der Waals surface area contributed by atoms with Crippen molar-refractivity contribution in [3.05, 3.63) is 28.0 Å². The zero-order chi connectivity index (χ0) is 9.14. The molecule has 1 aromatic rings. The lowest BCUT2D eigenvalue weighted by atomic mass is 10.2. The molecule has 0 aliphatic rings. The molecule has 1 rings (SSSR count). The van der Waals surface area contributed by atoms with Gasteiger partial charge < -0.3 is 0 Å². The number of nitriles is 1. The molecule has 0 radical (unpaired) electrons. The molecule has 0 fully saturated rings. The monoisotopic (exact) mass is 244 g/mol. The molecule has 60 valence electrons. The molecule has 0 aliphatic heterocycles. The standard InChI is InChI=1S/C7H2BrClN2O/c8-6-5(7(9)12)4(3-10)1-2-11-6/h1-2H. The molecule has 0 spiro atoms. The van der Waals surface area contributed by atoms with Gasteiger partial charge in [-0.25, -0.2) is 4.98 Å². The maximum absolute atomic E-state index is 10.8. The second-order valence-corrected chi connectivity index (χ2v) is 3.00. The van der Waals surface area contributed by atoms with E-state index in [4.69, 9.17) is 16.9 Å². The van der Waals surface area contributed by atoms with Crippen LogP contribution in [0.3, 0.4) is 0 Å². The van der Waals surface area contributed by atoms with Crippen LogP contribution in [-0.4, -0.2) is 10.2 Å². The molecule has 1 heterocycles. The Balaban J connectivity index is 3.42. The van der Waals surface area contributed by atoms with E-state index in [1.807, 2.05) is 6.07 Å². The first-order valence-electron chi connectivity index (χ1n) is 2.91. The summed E-state index contributed by atoms with van der Waals surface area (Å²) in [4.78, 5) is 14.6. The Morgan fingerprint density at radius 1 is 1.75 bits per heavy atom. The number of aromatic nitrogens is 1. The molecule has 0 unspecified atom stereocenters. The summed E-state index contributed by atoms with van der Waals surface area (Å²) < 4.78 is 0.293. The summed E-state index contributed by atoms with van der Waals surface area (Å²) in [7, 11) is 0. The molecule has 0 aliphatic carbocycles. The van der Waals surface area contributed by atoms with E-state index in [-0.39, 0.29) is 11.1 Å². The van der Waals surface area contributed by atoms with Gasteiger partial charge in [0, 0.05) is 6.20 Å². The van der Waals surface area contributed by atoms with Crippen LogP contribution < -0.4 is 0 Å². The SMILES string of the molecule is N#Cc1ccnc(Br)c1C(=O)Cl. The van der Waals surface area contributed by atoms with Crippen molar-refractivity contribution >= 4 is 32.8 Å². The number of halogens is 2. The second kappa shape index (κ2) is 3.65. The third-order valence-corrected chi connectivity index (χ3v) is 2.01. The summed E-state index contributed by atoms with van der Waals surface area (Å²) in [5.74, 6) is 0. The molecule has 12 heavy (non-hydrogen) atoms. The fourth-order valence-corrected chi connectivity index (χ4v) is 1.53. The van der Waals surface area contributed by atoms with E-state index in [9.17, 15) is 4.79 Å². The molecule has 0 bridgehead atoms. The van der Waals surface area contributed by atoms with Gasteiger partial charge in [0.25, 0.3) is 5.24 Å². The van der Waals surface area contributed by atoms with Crippen molar-refractivity contribution in [2.24, 2.45) is 0 Å². The topological polar surface area (TPSA) is 53.8 Å². The number of pyridine rings is 1. The van der Waals surface area contributed by atoms with E-state index in [1.54, 1.807) is 0 Å². The number of nitrogens with zero attached hydrogens (tertiary/aromatic N) is 2. The highest BCUT2D eigenvalue weighted by atomic mass is 79.9. The molecule has 0 atom stereocenters. The zero-order valence-electron chi connectivity index (χ0n) is 5.71. The second-order valence-electron chi connectivity index (χ2n) is 1.91. The highest BCUT2D eigenvalue weighted by Gasteiger charge is 2.13. The van der Waals surface area contributed by atoms with Crippen molar-refractivity contribution in [2.75, 3.05) is 0 Å². The molecule has 0 aromatic carbocycles. The highest BCUT2D eigenvalue weighted by molar-refractivity contribution is 9.10. The van der Waals surface area contributed by atoms with E-state index in [0.29, 0.717) is 4.60 Å². The summed E-state index contributed by atoms with van der Waals surface area (Å²) in [6.07, 6.45) is 1.42. The van der Waals surface area contributed by atoms with Crippen LogP contribution >= 0.6 is 27.5 Å². The molecular weight excluding hydrogens is 243 g/mol. The third-order valence-electron chi connectivity index (χ3n) is 1.22. The molecule has 1 aromatic heterocycles. The summed E-state index contributed by atoms with van der Waals surface area (Å²) in [6.45, 7) is 0.